The van der Waals surface area contributed by atoms with Crippen LogP contribution in [0.4, 0.5) is 4.79 Å². The van der Waals surface area contributed by atoms with Gasteiger partial charge in [-0.05, 0) is 13.8 Å². The average Bonchev–Trinajstić information content (AvgIpc) is 2.63. The molecule has 0 aromatic carbocycles. The molecule has 15 heavy (non-hydrogen) atoms. The van der Waals surface area contributed by atoms with Crippen LogP contribution in [0.5, 0.6) is 0 Å². The predicted octanol–water partition coefficient (Wildman–Crippen LogP) is 0.366. The van der Waals surface area contributed by atoms with Crippen molar-refractivity contribution in [3.05, 3.63) is 12.2 Å². The van der Waals surface area contributed by atoms with Gasteiger partial charge in [-0.3, -0.25) is 0 Å². The van der Waals surface area contributed by atoms with E-state index < -0.39 is 0 Å². The van der Waals surface area contributed by atoms with Crippen LogP contribution in [0.1, 0.15) is 19.7 Å². The zero-order valence-electron chi connectivity index (χ0n) is 9.40. The van der Waals surface area contributed by atoms with E-state index in [2.05, 4.69) is 15.5 Å². The predicted molar refractivity (Wildman–Crippen MR) is 56.2 cm³/mol. The summed E-state index contributed by atoms with van der Waals surface area (Å²) in [5, 5.41) is 10.4. The number of carbonyl (C=O) groups is 1. The van der Waals surface area contributed by atoms with Gasteiger partial charge in [0.2, 0.25) is 0 Å². The van der Waals surface area contributed by atoms with Gasteiger partial charge < -0.3 is 14.8 Å². The smallest absolute Gasteiger partial charge is 0.317 e. The van der Waals surface area contributed by atoms with Crippen LogP contribution in [-0.2, 0) is 13.6 Å². The fraction of sp³-hybridized carbons (Fsp3) is 0.667. The van der Waals surface area contributed by atoms with Crippen LogP contribution in [0.25, 0.3) is 0 Å². The summed E-state index contributed by atoms with van der Waals surface area (Å²) in [6.07, 6.45) is 1.61. The zero-order chi connectivity index (χ0) is 11.3. The summed E-state index contributed by atoms with van der Waals surface area (Å²) in [6.45, 7) is 5.73. The lowest BCUT2D eigenvalue weighted by Gasteiger charge is -2.18. The maximum atomic E-state index is 11.6. The summed E-state index contributed by atoms with van der Waals surface area (Å²) in [7, 11) is 1.85. The van der Waals surface area contributed by atoms with Gasteiger partial charge in [0.25, 0.3) is 0 Å². The minimum Gasteiger partial charge on any atom is -0.331 e. The molecule has 6 heteroatoms. The van der Waals surface area contributed by atoms with Gasteiger partial charge in [-0.2, -0.15) is 0 Å². The van der Waals surface area contributed by atoms with Gasteiger partial charge in [0.05, 0.1) is 6.54 Å². The third-order valence-electron chi connectivity index (χ3n) is 2.25. The van der Waals surface area contributed by atoms with Gasteiger partial charge in [-0.25, -0.2) is 4.79 Å². The van der Waals surface area contributed by atoms with Crippen molar-refractivity contribution in [1.82, 2.24) is 25.0 Å². The molecule has 0 unspecified atom stereocenters. The van der Waals surface area contributed by atoms with Gasteiger partial charge in [0, 0.05) is 20.1 Å². The first-order valence-corrected chi connectivity index (χ1v) is 5.04. The Morgan fingerprint density at radius 2 is 2.20 bits per heavy atom. The van der Waals surface area contributed by atoms with Crippen molar-refractivity contribution in [2.75, 3.05) is 13.1 Å². The fourth-order valence-corrected chi connectivity index (χ4v) is 1.24. The highest BCUT2D eigenvalue weighted by atomic mass is 16.2. The number of nitrogens with one attached hydrogen (secondary N) is 1. The quantitative estimate of drug-likeness (QED) is 0.782. The van der Waals surface area contributed by atoms with E-state index in [-0.39, 0.29) is 6.03 Å². The highest BCUT2D eigenvalue weighted by molar-refractivity contribution is 5.73. The number of urea groups is 1. The van der Waals surface area contributed by atoms with Crippen molar-refractivity contribution in [3.63, 3.8) is 0 Å². The lowest BCUT2D eigenvalue weighted by atomic mass is 10.5. The Morgan fingerprint density at radius 1 is 1.53 bits per heavy atom. The second-order valence-electron chi connectivity index (χ2n) is 3.19. The van der Waals surface area contributed by atoms with Gasteiger partial charge in [-0.15, -0.1) is 10.2 Å². The van der Waals surface area contributed by atoms with Crippen LogP contribution >= 0.6 is 0 Å². The molecule has 2 amide bonds. The van der Waals surface area contributed by atoms with Crippen LogP contribution in [-0.4, -0.2) is 38.8 Å². The molecule has 0 aliphatic carbocycles. The number of hydrogen-bond donors (Lipinski definition) is 1. The first-order valence-electron chi connectivity index (χ1n) is 5.04. The van der Waals surface area contributed by atoms with Crippen LogP contribution in [0, 0.1) is 0 Å². The summed E-state index contributed by atoms with van der Waals surface area (Å²) in [5.74, 6) is 0.746. The molecule has 0 atom stereocenters. The van der Waals surface area contributed by atoms with Crippen LogP contribution < -0.4 is 5.32 Å². The maximum Gasteiger partial charge on any atom is 0.317 e. The molecule has 1 heterocycles. The summed E-state index contributed by atoms with van der Waals surface area (Å²) in [5.41, 5.74) is 0. The molecule has 1 rings (SSSR count). The first kappa shape index (κ1) is 11.5. The minimum absolute atomic E-state index is 0.0667. The summed E-state index contributed by atoms with van der Waals surface area (Å²) in [4.78, 5) is 13.3. The molecule has 1 N–H and O–H groups in total. The topological polar surface area (TPSA) is 63.1 Å². The van der Waals surface area contributed by atoms with E-state index in [4.69, 9.17) is 0 Å². The minimum atomic E-state index is -0.0667. The number of nitrogens with zero attached hydrogens (tertiary/aromatic N) is 4. The van der Waals surface area contributed by atoms with Gasteiger partial charge >= 0.3 is 6.03 Å². The molecule has 6 nitrogen and oxygen atoms in total. The molecule has 1 aromatic heterocycles. The van der Waals surface area contributed by atoms with Crippen molar-refractivity contribution in [3.8, 4) is 0 Å². The third-order valence-corrected chi connectivity index (χ3v) is 2.25. The molecule has 0 bridgehead atoms. The number of aryl methyl sites for hydroxylation is 1. The maximum absolute atomic E-state index is 11.6. The zero-order valence-corrected chi connectivity index (χ0v) is 9.40. The monoisotopic (exact) mass is 211 g/mol. The molecule has 1 aromatic rings. The second kappa shape index (κ2) is 5.33. The SMILES string of the molecule is CCN(CC)C(=O)NCc1nncn1C. The van der Waals surface area contributed by atoms with Gasteiger partial charge in [0.15, 0.2) is 5.82 Å². The van der Waals surface area contributed by atoms with Crippen molar-refractivity contribution in [2.45, 2.75) is 20.4 Å². The lowest BCUT2D eigenvalue weighted by molar-refractivity contribution is 0.202. The van der Waals surface area contributed by atoms with Crippen molar-refractivity contribution >= 4 is 6.03 Å². The van der Waals surface area contributed by atoms with Crippen molar-refractivity contribution in [2.24, 2.45) is 7.05 Å². The van der Waals surface area contributed by atoms with E-state index in [0.29, 0.717) is 19.6 Å². The number of carbonyl (C=O) groups excluding carboxylic acids is 1. The van der Waals surface area contributed by atoms with Crippen LogP contribution in [0.15, 0.2) is 6.33 Å². The molecule has 0 radical (unpaired) electrons. The van der Waals surface area contributed by atoms with E-state index in [1.807, 2.05) is 20.9 Å². The molecule has 0 spiro atoms. The highest BCUT2D eigenvalue weighted by Crippen LogP contribution is 1.93. The Balaban J connectivity index is 2.43. The number of hydrogen-bond acceptors (Lipinski definition) is 3. The largest absolute Gasteiger partial charge is 0.331 e. The molecule has 0 saturated carbocycles. The van der Waals surface area contributed by atoms with Crippen LogP contribution in [0.2, 0.25) is 0 Å². The van der Waals surface area contributed by atoms with Gasteiger partial charge in [0.1, 0.15) is 6.33 Å². The molecule has 0 fully saturated rings. The average molecular weight is 211 g/mol. The third kappa shape index (κ3) is 2.93. The molecular weight excluding hydrogens is 194 g/mol. The van der Waals surface area contributed by atoms with Gasteiger partial charge in [-0.1, -0.05) is 0 Å². The standard InChI is InChI=1S/C9H17N5O/c1-4-14(5-2)9(15)10-6-8-12-11-7-13(8)3/h7H,4-6H2,1-3H3,(H,10,15). The van der Waals surface area contributed by atoms with E-state index in [0.717, 1.165) is 5.82 Å². The number of rotatable bonds is 4. The van der Waals surface area contributed by atoms with Crippen LogP contribution in [0.3, 0.4) is 0 Å². The molecule has 0 aliphatic heterocycles. The summed E-state index contributed by atoms with van der Waals surface area (Å²) >= 11 is 0. The number of amides is 2. The highest BCUT2D eigenvalue weighted by Gasteiger charge is 2.09. The summed E-state index contributed by atoms with van der Waals surface area (Å²) < 4.78 is 1.78. The molecule has 0 aliphatic rings. The fourth-order valence-electron chi connectivity index (χ4n) is 1.24. The second-order valence-corrected chi connectivity index (χ2v) is 3.19. The molecule has 84 valence electrons. The lowest BCUT2D eigenvalue weighted by Crippen LogP contribution is -2.39. The van der Waals surface area contributed by atoms with E-state index in [1.54, 1.807) is 15.8 Å². The van der Waals surface area contributed by atoms with E-state index in [1.165, 1.54) is 0 Å². The Labute approximate surface area is 89.3 Å². The molecular formula is C9H17N5O. The Bertz CT molecular complexity index is 318. The van der Waals surface area contributed by atoms with Crippen molar-refractivity contribution < 1.29 is 4.79 Å². The summed E-state index contributed by atoms with van der Waals surface area (Å²) in [6, 6.07) is -0.0667. The Morgan fingerprint density at radius 3 is 2.67 bits per heavy atom. The van der Waals surface area contributed by atoms with E-state index >= 15 is 0 Å². The Hall–Kier alpha value is -1.59. The van der Waals surface area contributed by atoms with Crippen molar-refractivity contribution in [1.29, 1.82) is 0 Å². The molecule has 0 saturated heterocycles. The number of aromatic nitrogens is 3. The Kier molecular flexibility index (Phi) is 4.08. The normalized spacial score (nSPS) is 10.1. The van der Waals surface area contributed by atoms with E-state index in [9.17, 15) is 4.79 Å². The first-order chi connectivity index (χ1) is 7.19.